The number of hydrogen-bond donors (Lipinski definition) is 1. The Kier molecular flexibility index (Phi) is 8.95. The highest BCUT2D eigenvalue weighted by Gasteiger charge is 2.23. The van der Waals surface area contributed by atoms with Gasteiger partial charge in [0.15, 0.2) is 0 Å². The van der Waals surface area contributed by atoms with Crippen LogP contribution >= 0.6 is 15.9 Å². The van der Waals surface area contributed by atoms with Gasteiger partial charge < -0.3 is 10.1 Å². The Morgan fingerprint density at radius 3 is 1.95 bits per heavy atom. The van der Waals surface area contributed by atoms with Gasteiger partial charge in [-0.1, -0.05) is 70.0 Å². The van der Waals surface area contributed by atoms with Gasteiger partial charge in [0, 0.05) is 10.2 Å². The van der Waals surface area contributed by atoms with Crippen LogP contribution in [0.3, 0.4) is 0 Å². The lowest BCUT2D eigenvalue weighted by Crippen LogP contribution is -2.24. The Morgan fingerprint density at radius 1 is 0.825 bits per heavy atom. The summed E-state index contributed by atoms with van der Waals surface area (Å²) < 4.78 is 6.43. The fourth-order valence-electron chi connectivity index (χ4n) is 4.99. The Bertz CT molecular complexity index is 1480. The lowest BCUT2D eigenvalue weighted by Gasteiger charge is -2.20. The molecule has 0 aliphatic heterocycles. The molecule has 0 bridgehead atoms. The minimum Gasteiger partial charge on any atom is -0.456 e. The molecule has 5 heteroatoms. The first kappa shape index (κ1) is 29.3. The van der Waals surface area contributed by atoms with Gasteiger partial charge in [0.05, 0.1) is 11.5 Å². The molecule has 0 heterocycles. The second-order valence-electron chi connectivity index (χ2n) is 11.3. The molecular weight excluding hydrogens is 562 g/mol. The first-order valence-corrected chi connectivity index (χ1v) is 14.3. The largest absolute Gasteiger partial charge is 0.456 e. The maximum atomic E-state index is 13.6. The topological polar surface area (TPSA) is 55.4 Å². The number of amides is 1. The highest BCUT2D eigenvalue weighted by molar-refractivity contribution is 9.10. The Balaban J connectivity index is 1.54. The summed E-state index contributed by atoms with van der Waals surface area (Å²) in [5, 5.41) is 3.12. The third-order valence-electron chi connectivity index (χ3n) is 6.74. The van der Waals surface area contributed by atoms with Crippen molar-refractivity contribution in [1.29, 1.82) is 0 Å². The first-order valence-electron chi connectivity index (χ1n) is 13.5. The lowest BCUT2D eigenvalue weighted by molar-refractivity contribution is -0.117. The van der Waals surface area contributed by atoms with Crippen molar-refractivity contribution in [3.8, 4) is 11.1 Å². The average molecular weight is 599 g/mol. The van der Waals surface area contributed by atoms with E-state index in [9.17, 15) is 9.59 Å². The van der Waals surface area contributed by atoms with Crippen molar-refractivity contribution in [3.63, 3.8) is 0 Å². The van der Waals surface area contributed by atoms with E-state index in [1.807, 2.05) is 69.3 Å². The van der Waals surface area contributed by atoms with Crippen LogP contribution in [0.5, 0.6) is 0 Å². The van der Waals surface area contributed by atoms with Crippen molar-refractivity contribution in [1.82, 2.24) is 0 Å². The molecule has 0 aliphatic carbocycles. The van der Waals surface area contributed by atoms with E-state index in [2.05, 4.69) is 66.3 Å². The Morgan fingerprint density at radius 2 is 1.40 bits per heavy atom. The first-order chi connectivity index (χ1) is 18.9. The van der Waals surface area contributed by atoms with E-state index in [1.54, 1.807) is 12.1 Å². The molecule has 1 atom stereocenters. The molecule has 0 aromatic heterocycles. The van der Waals surface area contributed by atoms with E-state index in [-0.39, 0.29) is 11.9 Å². The number of halogens is 1. The number of carbonyl (C=O) groups is 2. The smallest absolute Gasteiger partial charge is 0.338 e. The number of aryl methyl sites for hydroxylation is 3. The quantitative estimate of drug-likeness (QED) is 0.216. The van der Waals surface area contributed by atoms with Crippen molar-refractivity contribution in [2.24, 2.45) is 0 Å². The zero-order valence-corrected chi connectivity index (χ0v) is 25.6. The molecule has 0 saturated heterocycles. The fraction of sp³-hybridized carbons (Fsp3) is 0.257. The second kappa shape index (κ2) is 12.2. The molecule has 0 unspecified atom stereocenters. The summed E-state index contributed by atoms with van der Waals surface area (Å²) in [5.41, 5.74) is 8.63. The van der Waals surface area contributed by atoms with Crippen LogP contribution in [0.25, 0.3) is 11.1 Å². The number of anilines is 1. The Labute approximate surface area is 245 Å². The molecule has 40 heavy (non-hydrogen) atoms. The molecule has 206 valence electrons. The zero-order valence-electron chi connectivity index (χ0n) is 24.0. The molecule has 4 aromatic carbocycles. The second-order valence-corrected chi connectivity index (χ2v) is 12.3. The van der Waals surface area contributed by atoms with Crippen LogP contribution in [-0.4, -0.2) is 17.5 Å². The summed E-state index contributed by atoms with van der Waals surface area (Å²) in [4.78, 5) is 26.1. The minimum absolute atomic E-state index is 0.0889. The molecular formula is C35H36BrNO3. The lowest BCUT2D eigenvalue weighted by atomic mass is 9.90. The van der Waals surface area contributed by atoms with Crippen LogP contribution in [0.1, 0.15) is 64.9 Å². The summed E-state index contributed by atoms with van der Waals surface area (Å²) in [7, 11) is 0. The van der Waals surface area contributed by atoms with Crippen LogP contribution in [0.15, 0.2) is 89.4 Å². The molecule has 0 aliphatic rings. The molecule has 0 fully saturated rings. The van der Waals surface area contributed by atoms with Crippen LogP contribution < -0.4 is 5.32 Å². The highest BCUT2D eigenvalue weighted by atomic mass is 79.9. The molecule has 1 N–H and O–H groups in total. The van der Waals surface area contributed by atoms with E-state index in [0.29, 0.717) is 12.0 Å². The number of hydrogen-bond acceptors (Lipinski definition) is 3. The summed E-state index contributed by atoms with van der Waals surface area (Å²) in [6.07, 6.45) is 0.488. The van der Waals surface area contributed by atoms with E-state index in [0.717, 1.165) is 26.9 Å². The average Bonchev–Trinajstić information content (AvgIpc) is 2.87. The van der Waals surface area contributed by atoms with Crippen LogP contribution in [0, 0.1) is 20.8 Å². The minimum atomic E-state index is -0.559. The summed E-state index contributed by atoms with van der Waals surface area (Å²) in [6, 6.07) is 27.5. The van der Waals surface area contributed by atoms with E-state index in [4.69, 9.17) is 4.74 Å². The number of nitrogens with one attached hydrogen (secondary N) is 1. The van der Waals surface area contributed by atoms with Crippen molar-refractivity contribution < 1.29 is 14.3 Å². The number of ether oxygens (including phenoxy) is 1. The van der Waals surface area contributed by atoms with E-state index in [1.165, 1.54) is 22.3 Å². The molecule has 4 rings (SSSR count). The van der Waals surface area contributed by atoms with Gasteiger partial charge in [-0.2, -0.15) is 0 Å². The number of rotatable bonds is 7. The van der Waals surface area contributed by atoms with E-state index >= 15 is 0 Å². The third-order valence-corrected chi connectivity index (χ3v) is 7.26. The molecule has 4 nitrogen and oxygen atoms in total. The fourth-order valence-corrected chi connectivity index (χ4v) is 5.26. The summed E-state index contributed by atoms with van der Waals surface area (Å²) >= 11 is 3.49. The molecule has 0 radical (unpaired) electrons. The molecule has 0 spiro atoms. The maximum absolute atomic E-state index is 13.6. The normalized spacial score (nSPS) is 12.1. The van der Waals surface area contributed by atoms with Crippen molar-refractivity contribution in [2.45, 2.75) is 59.5 Å². The predicted octanol–water partition coefficient (Wildman–Crippen LogP) is 8.96. The molecule has 1 amide bonds. The van der Waals surface area contributed by atoms with Crippen LogP contribution in [0.4, 0.5) is 5.69 Å². The Hall–Kier alpha value is -3.70. The van der Waals surface area contributed by atoms with Crippen molar-refractivity contribution in [3.05, 3.63) is 123 Å². The van der Waals surface area contributed by atoms with Gasteiger partial charge in [-0.25, -0.2) is 4.79 Å². The van der Waals surface area contributed by atoms with Gasteiger partial charge in [0.1, 0.15) is 5.60 Å². The molecule has 4 aromatic rings. The van der Waals surface area contributed by atoms with Gasteiger partial charge in [-0.05, 0) is 118 Å². The summed E-state index contributed by atoms with van der Waals surface area (Å²) in [5.74, 6) is -0.864. The standard InChI is InChI=1S/C35H36BrNO3/c1-22-19-23(2)32(24(3)20-22)27-13-17-30(18-14-27)37-33(38)31(26-11-15-29(36)16-12-26)21-25-7-9-28(10-8-25)34(39)40-35(4,5)6/h7-20,31H,21H2,1-6H3,(H,37,38)/t31-/m1/s1. The van der Waals surface area contributed by atoms with Gasteiger partial charge in [-0.3, -0.25) is 4.79 Å². The van der Waals surface area contributed by atoms with Gasteiger partial charge in [0.2, 0.25) is 5.91 Å². The maximum Gasteiger partial charge on any atom is 0.338 e. The number of benzene rings is 4. The van der Waals surface area contributed by atoms with E-state index < -0.39 is 11.5 Å². The van der Waals surface area contributed by atoms with Crippen molar-refractivity contribution in [2.75, 3.05) is 5.32 Å². The van der Waals surface area contributed by atoms with Gasteiger partial charge in [0.25, 0.3) is 0 Å². The molecule has 0 saturated carbocycles. The number of esters is 1. The summed E-state index contributed by atoms with van der Waals surface area (Å²) in [6.45, 7) is 11.9. The van der Waals surface area contributed by atoms with Gasteiger partial charge >= 0.3 is 5.97 Å². The SMILES string of the molecule is Cc1cc(C)c(-c2ccc(NC(=O)[C@H](Cc3ccc(C(=O)OC(C)(C)C)cc3)c3ccc(Br)cc3)cc2)c(C)c1. The highest BCUT2D eigenvalue weighted by Crippen LogP contribution is 2.30. The number of carbonyl (C=O) groups excluding carboxylic acids is 2. The zero-order chi connectivity index (χ0) is 29.0. The van der Waals surface area contributed by atoms with Crippen LogP contribution in [-0.2, 0) is 16.0 Å². The monoisotopic (exact) mass is 597 g/mol. The van der Waals surface area contributed by atoms with Gasteiger partial charge in [-0.15, -0.1) is 0 Å². The van der Waals surface area contributed by atoms with Crippen LogP contribution in [0.2, 0.25) is 0 Å². The predicted molar refractivity (Wildman–Crippen MR) is 167 cm³/mol. The third kappa shape index (κ3) is 7.48. The van der Waals surface area contributed by atoms with Crippen molar-refractivity contribution >= 4 is 33.5 Å².